The number of hydrogen-bond acceptors (Lipinski definition) is 3. The van der Waals surface area contributed by atoms with Gasteiger partial charge < -0.3 is 15.5 Å². The third kappa shape index (κ3) is 4.74. The molecule has 0 aromatic heterocycles. The van der Waals surface area contributed by atoms with E-state index in [4.69, 9.17) is 5.73 Å². The summed E-state index contributed by atoms with van der Waals surface area (Å²) in [4.78, 5) is 16.6. The van der Waals surface area contributed by atoms with Crippen LogP contribution in [0.2, 0.25) is 0 Å². The van der Waals surface area contributed by atoms with Gasteiger partial charge in [0.25, 0.3) is 0 Å². The molecule has 4 heteroatoms. The maximum atomic E-state index is 12.6. The molecule has 4 nitrogen and oxygen atoms in total. The molecule has 0 aliphatic rings. The van der Waals surface area contributed by atoms with Crippen molar-refractivity contribution in [2.75, 3.05) is 31.1 Å². The summed E-state index contributed by atoms with van der Waals surface area (Å²) in [6.07, 6.45) is 0.879. The summed E-state index contributed by atoms with van der Waals surface area (Å²) < 4.78 is 0. The lowest BCUT2D eigenvalue weighted by atomic mass is 10.1. The van der Waals surface area contributed by atoms with Gasteiger partial charge >= 0.3 is 0 Å². The van der Waals surface area contributed by atoms with Crippen LogP contribution in [0.5, 0.6) is 0 Å². The van der Waals surface area contributed by atoms with E-state index >= 15 is 0 Å². The van der Waals surface area contributed by atoms with Crippen LogP contribution in [0.4, 0.5) is 5.69 Å². The van der Waals surface area contributed by atoms with E-state index in [9.17, 15) is 4.79 Å². The van der Waals surface area contributed by atoms with Gasteiger partial charge in [0.2, 0.25) is 5.91 Å². The van der Waals surface area contributed by atoms with Gasteiger partial charge in [-0.3, -0.25) is 4.79 Å². The molecule has 1 aromatic carbocycles. The second kappa shape index (κ2) is 8.67. The SMILES string of the molecule is CCN(CC)C(=O)C(C)N(CCCN)c1ccc(C)cc1. The second-order valence-electron chi connectivity index (χ2n) is 5.36. The van der Waals surface area contributed by atoms with Crippen LogP contribution in [-0.2, 0) is 4.79 Å². The fourth-order valence-electron chi connectivity index (χ4n) is 2.48. The molecule has 118 valence electrons. The van der Waals surface area contributed by atoms with Gasteiger partial charge in [-0.25, -0.2) is 0 Å². The first kappa shape index (κ1) is 17.5. The molecule has 1 aromatic rings. The summed E-state index contributed by atoms with van der Waals surface area (Å²) in [5, 5.41) is 0. The predicted octanol–water partition coefficient (Wildman–Crippen LogP) is 2.41. The Kier molecular flexibility index (Phi) is 7.23. The molecule has 0 heterocycles. The number of carbonyl (C=O) groups excluding carboxylic acids is 1. The van der Waals surface area contributed by atoms with E-state index in [0.717, 1.165) is 31.7 Å². The van der Waals surface area contributed by atoms with Crippen LogP contribution in [0.15, 0.2) is 24.3 Å². The molecule has 0 radical (unpaired) electrons. The second-order valence-corrected chi connectivity index (χ2v) is 5.36. The van der Waals surface area contributed by atoms with Crippen LogP contribution in [-0.4, -0.2) is 43.0 Å². The summed E-state index contributed by atoms with van der Waals surface area (Å²) in [7, 11) is 0. The highest BCUT2D eigenvalue weighted by atomic mass is 16.2. The first-order chi connectivity index (χ1) is 10.0. The van der Waals surface area contributed by atoms with Crippen LogP contribution in [0, 0.1) is 6.92 Å². The minimum absolute atomic E-state index is 0.167. The maximum Gasteiger partial charge on any atom is 0.244 e. The lowest BCUT2D eigenvalue weighted by Gasteiger charge is -2.33. The van der Waals surface area contributed by atoms with Gasteiger partial charge in [0.15, 0.2) is 0 Å². The van der Waals surface area contributed by atoms with Crippen LogP contribution < -0.4 is 10.6 Å². The summed E-state index contributed by atoms with van der Waals surface area (Å²) in [5.74, 6) is 0.178. The predicted molar refractivity (Wildman–Crippen MR) is 89.6 cm³/mol. The number of benzene rings is 1. The van der Waals surface area contributed by atoms with Crippen LogP contribution >= 0.6 is 0 Å². The molecule has 0 aliphatic carbocycles. The molecule has 2 N–H and O–H groups in total. The molecule has 0 fully saturated rings. The zero-order valence-corrected chi connectivity index (χ0v) is 13.8. The topological polar surface area (TPSA) is 49.6 Å². The van der Waals surface area contributed by atoms with Gasteiger partial charge in [-0.15, -0.1) is 0 Å². The van der Waals surface area contributed by atoms with Crippen LogP contribution in [0.3, 0.4) is 0 Å². The highest BCUT2D eigenvalue weighted by Crippen LogP contribution is 2.19. The quantitative estimate of drug-likeness (QED) is 0.800. The molecule has 0 saturated carbocycles. The molecular weight excluding hydrogens is 262 g/mol. The molecular formula is C17H29N3O. The fraction of sp³-hybridized carbons (Fsp3) is 0.588. The Morgan fingerprint density at radius 1 is 1.19 bits per heavy atom. The van der Waals surface area contributed by atoms with E-state index in [2.05, 4.69) is 36.1 Å². The highest BCUT2D eigenvalue weighted by molar-refractivity contribution is 5.85. The molecule has 0 aliphatic heterocycles. The smallest absolute Gasteiger partial charge is 0.244 e. The summed E-state index contributed by atoms with van der Waals surface area (Å²) in [6, 6.07) is 8.16. The van der Waals surface area contributed by atoms with Crippen molar-refractivity contribution in [3.63, 3.8) is 0 Å². The van der Waals surface area contributed by atoms with Crippen molar-refractivity contribution in [3.05, 3.63) is 29.8 Å². The highest BCUT2D eigenvalue weighted by Gasteiger charge is 2.24. The lowest BCUT2D eigenvalue weighted by Crippen LogP contribution is -2.48. The van der Waals surface area contributed by atoms with E-state index < -0.39 is 0 Å². The number of rotatable bonds is 8. The molecule has 0 saturated heterocycles. The Balaban J connectivity index is 2.95. The number of likely N-dealkylation sites (N-methyl/N-ethyl adjacent to an activating group) is 1. The molecule has 1 unspecified atom stereocenters. The Bertz CT molecular complexity index is 426. The number of amides is 1. The molecule has 0 spiro atoms. The molecule has 21 heavy (non-hydrogen) atoms. The molecule has 1 amide bonds. The zero-order chi connectivity index (χ0) is 15.8. The van der Waals surface area contributed by atoms with E-state index in [1.807, 2.05) is 25.7 Å². The Morgan fingerprint density at radius 3 is 2.24 bits per heavy atom. The van der Waals surface area contributed by atoms with Gasteiger partial charge in [0, 0.05) is 25.3 Å². The third-order valence-electron chi connectivity index (χ3n) is 3.87. The van der Waals surface area contributed by atoms with Crippen molar-refractivity contribution in [1.29, 1.82) is 0 Å². The number of aryl methyl sites for hydroxylation is 1. The first-order valence-corrected chi connectivity index (χ1v) is 7.87. The Hall–Kier alpha value is -1.55. The van der Waals surface area contributed by atoms with Gasteiger partial charge in [-0.2, -0.15) is 0 Å². The Morgan fingerprint density at radius 2 is 1.76 bits per heavy atom. The van der Waals surface area contributed by atoms with E-state index in [1.165, 1.54) is 5.56 Å². The number of hydrogen-bond donors (Lipinski definition) is 1. The number of nitrogens with zero attached hydrogens (tertiary/aromatic N) is 2. The van der Waals surface area contributed by atoms with Gasteiger partial charge in [-0.05, 0) is 52.8 Å². The standard InChI is InChI=1S/C17H29N3O/c1-5-19(6-2)17(21)15(4)20(13-7-12-18)16-10-8-14(3)9-11-16/h8-11,15H,5-7,12-13,18H2,1-4H3. The minimum Gasteiger partial charge on any atom is -0.360 e. The van der Waals surface area contributed by atoms with Crippen molar-refractivity contribution < 1.29 is 4.79 Å². The van der Waals surface area contributed by atoms with E-state index in [1.54, 1.807) is 0 Å². The number of carbonyl (C=O) groups is 1. The van der Waals surface area contributed by atoms with Crippen LogP contribution in [0.1, 0.15) is 32.8 Å². The fourth-order valence-corrected chi connectivity index (χ4v) is 2.48. The van der Waals surface area contributed by atoms with Crippen molar-refractivity contribution >= 4 is 11.6 Å². The van der Waals surface area contributed by atoms with Crippen molar-refractivity contribution in [3.8, 4) is 0 Å². The average molecular weight is 291 g/mol. The monoisotopic (exact) mass is 291 g/mol. The molecule has 1 atom stereocenters. The number of nitrogens with two attached hydrogens (primary N) is 1. The van der Waals surface area contributed by atoms with Crippen LogP contribution in [0.25, 0.3) is 0 Å². The first-order valence-electron chi connectivity index (χ1n) is 7.87. The molecule has 0 bridgehead atoms. The lowest BCUT2D eigenvalue weighted by molar-refractivity contribution is -0.131. The van der Waals surface area contributed by atoms with Crippen molar-refractivity contribution in [1.82, 2.24) is 4.90 Å². The summed E-state index contributed by atoms with van der Waals surface area (Å²) in [6.45, 7) is 11.0. The van der Waals surface area contributed by atoms with Crippen molar-refractivity contribution in [2.24, 2.45) is 5.73 Å². The van der Waals surface area contributed by atoms with Crippen molar-refractivity contribution in [2.45, 2.75) is 40.2 Å². The largest absolute Gasteiger partial charge is 0.360 e. The normalized spacial score (nSPS) is 12.0. The summed E-state index contributed by atoms with van der Waals surface area (Å²) >= 11 is 0. The van der Waals surface area contributed by atoms with Gasteiger partial charge in [-0.1, -0.05) is 17.7 Å². The maximum absolute atomic E-state index is 12.6. The molecule has 1 rings (SSSR count). The average Bonchev–Trinajstić information content (AvgIpc) is 2.50. The van der Waals surface area contributed by atoms with Gasteiger partial charge in [0.1, 0.15) is 6.04 Å². The summed E-state index contributed by atoms with van der Waals surface area (Å²) in [5.41, 5.74) is 7.95. The van der Waals surface area contributed by atoms with E-state index in [-0.39, 0.29) is 11.9 Å². The zero-order valence-electron chi connectivity index (χ0n) is 13.8. The Labute approximate surface area is 128 Å². The van der Waals surface area contributed by atoms with E-state index in [0.29, 0.717) is 6.54 Å². The number of anilines is 1. The van der Waals surface area contributed by atoms with Gasteiger partial charge in [0.05, 0.1) is 0 Å². The third-order valence-corrected chi connectivity index (χ3v) is 3.87. The minimum atomic E-state index is -0.167.